The Kier molecular flexibility index (Phi) is 4.84. The topological polar surface area (TPSA) is 50.2 Å². The molecular weight excluding hydrogens is 360 g/mol. The largest absolute Gasteiger partial charge is 0.338 e. The first-order valence-electron chi connectivity index (χ1n) is 10.8. The van der Waals surface area contributed by atoms with Gasteiger partial charge in [-0.25, -0.2) is 4.98 Å². The summed E-state index contributed by atoms with van der Waals surface area (Å²) < 4.78 is 2.15. The van der Waals surface area contributed by atoms with Crippen molar-refractivity contribution < 1.29 is 4.79 Å². The highest BCUT2D eigenvalue weighted by Gasteiger charge is 2.31. The normalized spacial score (nSPS) is 22.3. The van der Waals surface area contributed by atoms with Gasteiger partial charge in [0.15, 0.2) is 0 Å². The maximum absolute atomic E-state index is 13.2. The molecule has 0 saturated carbocycles. The smallest absolute Gasteiger partial charge is 0.253 e. The molecule has 2 saturated heterocycles. The number of carbonyl (C=O) groups is 1. The Morgan fingerprint density at radius 1 is 1.10 bits per heavy atom. The first-order chi connectivity index (χ1) is 14.2. The van der Waals surface area contributed by atoms with Crippen LogP contribution in [-0.2, 0) is 0 Å². The van der Waals surface area contributed by atoms with E-state index in [1.807, 2.05) is 43.3 Å². The third-order valence-electron chi connectivity index (χ3n) is 6.50. The molecule has 5 rings (SSSR count). The number of carbonyl (C=O) groups excluding carboxylic acids is 1. The second-order valence-electron chi connectivity index (χ2n) is 8.39. The summed E-state index contributed by atoms with van der Waals surface area (Å²) in [5, 5.41) is 3.62. The predicted octanol–water partition coefficient (Wildman–Crippen LogP) is 3.94. The highest BCUT2D eigenvalue weighted by Crippen LogP contribution is 2.27. The molecule has 2 aromatic carbocycles. The minimum Gasteiger partial charge on any atom is -0.338 e. The van der Waals surface area contributed by atoms with Gasteiger partial charge in [0.1, 0.15) is 5.82 Å². The molecule has 2 fully saturated rings. The molecule has 0 bridgehead atoms. The van der Waals surface area contributed by atoms with E-state index in [0.29, 0.717) is 12.0 Å². The molecule has 0 spiro atoms. The van der Waals surface area contributed by atoms with E-state index in [2.05, 4.69) is 26.9 Å². The van der Waals surface area contributed by atoms with E-state index in [1.54, 1.807) is 0 Å². The van der Waals surface area contributed by atoms with E-state index < -0.39 is 0 Å². The second-order valence-corrected chi connectivity index (χ2v) is 8.39. The van der Waals surface area contributed by atoms with Crippen molar-refractivity contribution in [3.8, 4) is 5.69 Å². The zero-order valence-electron chi connectivity index (χ0n) is 17.0. The molecule has 3 heterocycles. The number of aryl methyl sites for hydroxylation is 1. The third-order valence-corrected chi connectivity index (χ3v) is 6.50. The zero-order chi connectivity index (χ0) is 19.8. The summed E-state index contributed by atoms with van der Waals surface area (Å²) in [7, 11) is 0. The van der Waals surface area contributed by atoms with Crippen molar-refractivity contribution in [1.29, 1.82) is 0 Å². The highest BCUT2D eigenvalue weighted by molar-refractivity contribution is 5.97. The maximum atomic E-state index is 13.2. The van der Waals surface area contributed by atoms with Crippen molar-refractivity contribution in [3.05, 3.63) is 59.9 Å². The number of para-hydroxylation sites is 1. The molecule has 2 aliphatic rings. The van der Waals surface area contributed by atoms with Crippen molar-refractivity contribution >= 4 is 16.9 Å². The van der Waals surface area contributed by atoms with Crippen LogP contribution in [0.2, 0.25) is 0 Å². The first kappa shape index (κ1) is 18.4. The number of aromatic nitrogens is 2. The molecule has 3 aromatic rings. The molecule has 5 heteroatoms. The van der Waals surface area contributed by atoms with Gasteiger partial charge >= 0.3 is 0 Å². The van der Waals surface area contributed by atoms with Gasteiger partial charge in [-0.1, -0.05) is 18.2 Å². The van der Waals surface area contributed by atoms with Crippen LogP contribution >= 0.6 is 0 Å². The minimum absolute atomic E-state index is 0.140. The lowest BCUT2D eigenvalue weighted by Crippen LogP contribution is -2.45. The predicted molar refractivity (Wildman–Crippen MR) is 115 cm³/mol. The Morgan fingerprint density at radius 3 is 2.76 bits per heavy atom. The molecule has 2 unspecified atom stereocenters. The molecular formula is C24H28N4O. The monoisotopic (exact) mass is 388 g/mol. The molecule has 0 aliphatic carbocycles. The number of benzene rings is 2. The summed E-state index contributed by atoms with van der Waals surface area (Å²) in [6, 6.07) is 16.8. The van der Waals surface area contributed by atoms with E-state index in [1.165, 1.54) is 19.3 Å². The van der Waals surface area contributed by atoms with E-state index in [9.17, 15) is 4.79 Å². The fourth-order valence-electron chi connectivity index (χ4n) is 5.06. The lowest BCUT2D eigenvalue weighted by Gasteiger charge is -2.36. The molecule has 29 heavy (non-hydrogen) atoms. The molecule has 1 aromatic heterocycles. The Hall–Kier alpha value is -2.66. The van der Waals surface area contributed by atoms with Gasteiger partial charge in [0, 0.05) is 30.4 Å². The number of amides is 1. The Balaban J connectivity index is 1.41. The van der Waals surface area contributed by atoms with Crippen LogP contribution < -0.4 is 5.32 Å². The van der Waals surface area contributed by atoms with Crippen LogP contribution in [0, 0.1) is 12.8 Å². The molecule has 1 N–H and O–H groups in total. The zero-order valence-corrected chi connectivity index (χ0v) is 17.0. The average Bonchev–Trinajstić information content (AvgIpc) is 3.41. The number of fused-ring (bicyclic) bond motifs is 1. The number of hydrogen-bond acceptors (Lipinski definition) is 3. The number of imidazole rings is 1. The summed E-state index contributed by atoms with van der Waals surface area (Å²) in [4.78, 5) is 20.0. The lowest BCUT2D eigenvalue weighted by atomic mass is 9.89. The summed E-state index contributed by atoms with van der Waals surface area (Å²) in [5.74, 6) is 1.65. The van der Waals surface area contributed by atoms with Gasteiger partial charge in [-0.05, 0) is 75.4 Å². The van der Waals surface area contributed by atoms with Gasteiger partial charge in [-0.15, -0.1) is 0 Å². The van der Waals surface area contributed by atoms with Gasteiger partial charge in [0.05, 0.1) is 11.0 Å². The number of piperidine rings is 1. The Labute approximate surface area is 171 Å². The summed E-state index contributed by atoms with van der Waals surface area (Å²) >= 11 is 0. The molecule has 5 nitrogen and oxygen atoms in total. The van der Waals surface area contributed by atoms with Gasteiger partial charge in [0.2, 0.25) is 0 Å². The number of likely N-dealkylation sites (tertiary alicyclic amines) is 1. The van der Waals surface area contributed by atoms with Crippen molar-refractivity contribution in [3.63, 3.8) is 0 Å². The minimum atomic E-state index is 0.140. The highest BCUT2D eigenvalue weighted by atomic mass is 16.2. The number of rotatable bonds is 3. The fraction of sp³-hybridized carbons (Fsp3) is 0.417. The van der Waals surface area contributed by atoms with Gasteiger partial charge in [-0.2, -0.15) is 0 Å². The van der Waals surface area contributed by atoms with Crippen molar-refractivity contribution in [2.24, 2.45) is 5.92 Å². The van der Waals surface area contributed by atoms with Gasteiger partial charge in [-0.3, -0.25) is 9.36 Å². The van der Waals surface area contributed by atoms with Crippen molar-refractivity contribution in [2.45, 2.75) is 38.6 Å². The molecule has 2 atom stereocenters. The average molecular weight is 389 g/mol. The van der Waals surface area contributed by atoms with Gasteiger partial charge < -0.3 is 10.2 Å². The van der Waals surface area contributed by atoms with Crippen LogP contribution in [-0.4, -0.2) is 46.0 Å². The van der Waals surface area contributed by atoms with Crippen LogP contribution in [0.25, 0.3) is 16.7 Å². The summed E-state index contributed by atoms with van der Waals surface area (Å²) in [6.07, 6.45) is 4.82. The standard InChI is InChI=1S/C24H28N4O/c1-17-26-22-15-18(11-12-23(22)28(17)20-8-3-2-4-9-20)24(29)27-14-6-7-19(16-27)21-10-5-13-25-21/h2-4,8-9,11-12,15,19,21,25H,5-7,10,13-14,16H2,1H3. The molecule has 2 aliphatic heterocycles. The van der Waals surface area contributed by atoms with E-state index in [0.717, 1.165) is 54.2 Å². The second kappa shape index (κ2) is 7.64. The van der Waals surface area contributed by atoms with Crippen LogP contribution in [0.3, 0.4) is 0 Å². The van der Waals surface area contributed by atoms with Crippen LogP contribution in [0.4, 0.5) is 0 Å². The van der Waals surface area contributed by atoms with E-state index in [-0.39, 0.29) is 5.91 Å². The molecule has 0 radical (unpaired) electrons. The number of hydrogen-bond donors (Lipinski definition) is 1. The first-order valence-corrected chi connectivity index (χ1v) is 10.8. The summed E-state index contributed by atoms with van der Waals surface area (Å²) in [5.41, 5.74) is 3.75. The third kappa shape index (κ3) is 3.44. The maximum Gasteiger partial charge on any atom is 0.253 e. The number of nitrogens with one attached hydrogen (secondary N) is 1. The van der Waals surface area contributed by atoms with E-state index in [4.69, 9.17) is 4.98 Å². The fourth-order valence-corrected chi connectivity index (χ4v) is 5.06. The molecule has 150 valence electrons. The molecule has 1 amide bonds. The van der Waals surface area contributed by atoms with Crippen molar-refractivity contribution in [1.82, 2.24) is 19.8 Å². The summed E-state index contributed by atoms with van der Waals surface area (Å²) in [6.45, 7) is 4.86. The SMILES string of the molecule is Cc1nc2cc(C(=O)N3CCCC(C4CCCN4)C3)ccc2n1-c1ccccc1. The Bertz CT molecular complexity index is 1020. The Morgan fingerprint density at radius 2 is 1.97 bits per heavy atom. The quantitative estimate of drug-likeness (QED) is 0.739. The van der Waals surface area contributed by atoms with Gasteiger partial charge in [0.25, 0.3) is 5.91 Å². The van der Waals surface area contributed by atoms with Crippen molar-refractivity contribution in [2.75, 3.05) is 19.6 Å². The number of nitrogens with zero attached hydrogens (tertiary/aromatic N) is 3. The van der Waals surface area contributed by atoms with Crippen LogP contribution in [0.5, 0.6) is 0 Å². The van der Waals surface area contributed by atoms with Crippen LogP contribution in [0.1, 0.15) is 41.9 Å². The van der Waals surface area contributed by atoms with E-state index >= 15 is 0 Å². The lowest BCUT2D eigenvalue weighted by molar-refractivity contribution is 0.0651. The van der Waals surface area contributed by atoms with Crippen LogP contribution in [0.15, 0.2) is 48.5 Å².